The highest BCUT2D eigenvalue weighted by Crippen LogP contribution is 2.35. The minimum Gasteiger partial charge on any atom is -0.319 e. The van der Waals surface area contributed by atoms with E-state index in [4.69, 9.17) is 0 Å². The number of hydrogen-bond acceptors (Lipinski definition) is 1. The van der Waals surface area contributed by atoms with Gasteiger partial charge in [-0.05, 0) is 67.2 Å². The smallest absolute Gasteiger partial charge is 0.00208 e. The molecule has 1 fully saturated rings. The van der Waals surface area contributed by atoms with Crippen molar-refractivity contribution in [3.8, 4) is 0 Å². The predicted octanol–water partition coefficient (Wildman–Crippen LogP) is 4.80. The molecule has 0 radical (unpaired) electrons. The molecule has 3 atom stereocenters. The topological polar surface area (TPSA) is 12.0 Å². The quantitative estimate of drug-likeness (QED) is 0.839. The first kappa shape index (κ1) is 16.5. The van der Waals surface area contributed by atoms with Crippen LogP contribution in [0.4, 0.5) is 0 Å². The van der Waals surface area contributed by atoms with E-state index in [1.165, 1.54) is 43.4 Å². The zero-order valence-corrected chi connectivity index (χ0v) is 14.6. The van der Waals surface area contributed by atoms with Crippen molar-refractivity contribution in [1.82, 2.24) is 5.32 Å². The molecule has 1 aliphatic rings. The van der Waals surface area contributed by atoms with Crippen molar-refractivity contribution in [3.63, 3.8) is 0 Å². The van der Waals surface area contributed by atoms with E-state index in [1.807, 2.05) is 0 Å². The van der Waals surface area contributed by atoms with Gasteiger partial charge in [-0.2, -0.15) is 0 Å². The molecule has 0 spiro atoms. The van der Waals surface area contributed by atoms with Crippen LogP contribution in [0.3, 0.4) is 0 Å². The summed E-state index contributed by atoms with van der Waals surface area (Å²) in [7, 11) is 2.09. The summed E-state index contributed by atoms with van der Waals surface area (Å²) < 4.78 is 0. The molecule has 0 aliphatic heterocycles. The second kappa shape index (κ2) is 6.96. The van der Waals surface area contributed by atoms with Gasteiger partial charge in [-0.1, -0.05) is 58.4 Å². The first-order valence-electron chi connectivity index (χ1n) is 8.64. The fourth-order valence-corrected chi connectivity index (χ4v) is 3.79. The van der Waals surface area contributed by atoms with Gasteiger partial charge in [-0.25, -0.2) is 0 Å². The van der Waals surface area contributed by atoms with E-state index in [-0.39, 0.29) is 5.41 Å². The minimum absolute atomic E-state index is 0.256. The van der Waals surface area contributed by atoms with Gasteiger partial charge in [0.1, 0.15) is 0 Å². The monoisotopic (exact) mass is 287 g/mol. The van der Waals surface area contributed by atoms with Crippen LogP contribution in [0.25, 0.3) is 0 Å². The van der Waals surface area contributed by atoms with Gasteiger partial charge >= 0.3 is 0 Å². The summed E-state index contributed by atoms with van der Waals surface area (Å²) in [6, 6.07) is 9.37. The lowest BCUT2D eigenvalue weighted by molar-refractivity contribution is 0.186. The Kier molecular flexibility index (Phi) is 5.48. The molecule has 0 bridgehead atoms. The number of benzene rings is 1. The Balaban J connectivity index is 2.04. The zero-order chi connectivity index (χ0) is 15.5. The number of hydrogen-bond donors (Lipinski definition) is 1. The van der Waals surface area contributed by atoms with Crippen molar-refractivity contribution >= 4 is 0 Å². The molecule has 0 saturated heterocycles. The molecule has 2 rings (SSSR count). The van der Waals surface area contributed by atoms with Crippen molar-refractivity contribution in [2.24, 2.45) is 17.8 Å². The number of nitrogens with one attached hydrogen (secondary N) is 1. The molecule has 1 heteroatoms. The molecule has 0 heterocycles. The van der Waals surface area contributed by atoms with E-state index in [2.05, 4.69) is 64.3 Å². The third-order valence-electron chi connectivity index (χ3n) is 5.19. The molecule has 1 aliphatic carbocycles. The van der Waals surface area contributed by atoms with Crippen LogP contribution in [-0.2, 0) is 11.8 Å². The van der Waals surface area contributed by atoms with Gasteiger partial charge in [0.25, 0.3) is 0 Å². The van der Waals surface area contributed by atoms with E-state index >= 15 is 0 Å². The van der Waals surface area contributed by atoms with Crippen molar-refractivity contribution in [2.75, 3.05) is 13.6 Å². The molecule has 0 amide bonds. The maximum atomic E-state index is 3.40. The highest BCUT2D eigenvalue weighted by molar-refractivity contribution is 5.27. The van der Waals surface area contributed by atoms with Crippen molar-refractivity contribution in [1.29, 1.82) is 0 Å². The molecule has 1 N–H and O–H groups in total. The zero-order valence-electron chi connectivity index (χ0n) is 14.6. The normalized spacial score (nSPS) is 26.8. The Morgan fingerprint density at radius 2 is 1.71 bits per heavy atom. The molecule has 1 aromatic rings. The number of rotatable bonds is 4. The third kappa shape index (κ3) is 4.57. The van der Waals surface area contributed by atoms with Crippen LogP contribution in [-0.4, -0.2) is 13.6 Å². The first-order chi connectivity index (χ1) is 9.90. The maximum Gasteiger partial charge on any atom is -0.00208 e. The Morgan fingerprint density at radius 3 is 2.29 bits per heavy atom. The minimum atomic E-state index is 0.256. The molecule has 118 valence electrons. The molecule has 1 nitrogen and oxygen atoms in total. The Morgan fingerprint density at radius 1 is 1.05 bits per heavy atom. The summed E-state index contributed by atoms with van der Waals surface area (Å²) in [6.45, 7) is 10.5. The Hall–Kier alpha value is -0.820. The largest absolute Gasteiger partial charge is 0.319 e. The average molecular weight is 287 g/mol. The standard InChI is InChI=1S/C20H33N/c1-15-6-9-17(14-21-5)18(12-15)13-16-7-10-19(11-8-16)20(2,3)4/h7-8,10-11,15,17-18,21H,6,9,12-14H2,1-5H3. The van der Waals surface area contributed by atoms with Gasteiger partial charge in [0.2, 0.25) is 0 Å². The Labute approximate surface area is 131 Å². The summed E-state index contributed by atoms with van der Waals surface area (Å²) >= 11 is 0. The molecular weight excluding hydrogens is 254 g/mol. The van der Waals surface area contributed by atoms with Crippen LogP contribution in [0.5, 0.6) is 0 Å². The fraction of sp³-hybridized carbons (Fsp3) is 0.700. The maximum absolute atomic E-state index is 3.40. The second-order valence-electron chi connectivity index (χ2n) is 8.15. The Bertz CT molecular complexity index is 426. The SMILES string of the molecule is CNCC1CCC(C)CC1Cc1ccc(C(C)(C)C)cc1. The van der Waals surface area contributed by atoms with Gasteiger partial charge < -0.3 is 5.32 Å². The van der Waals surface area contributed by atoms with E-state index in [0.29, 0.717) is 0 Å². The van der Waals surface area contributed by atoms with Crippen LogP contribution in [0.15, 0.2) is 24.3 Å². The molecule has 21 heavy (non-hydrogen) atoms. The highest BCUT2D eigenvalue weighted by Gasteiger charge is 2.28. The summed E-state index contributed by atoms with van der Waals surface area (Å²) in [5.74, 6) is 2.60. The van der Waals surface area contributed by atoms with Crippen molar-refractivity contribution < 1.29 is 0 Å². The summed E-state index contributed by atoms with van der Waals surface area (Å²) in [5.41, 5.74) is 3.21. The van der Waals surface area contributed by atoms with Gasteiger partial charge in [0.05, 0.1) is 0 Å². The second-order valence-corrected chi connectivity index (χ2v) is 8.15. The lowest BCUT2D eigenvalue weighted by Crippen LogP contribution is -2.32. The van der Waals surface area contributed by atoms with E-state index in [1.54, 1.807) is 0 Å². The van der Waals surface area contributed by atoms with Crippen LogP contribution in [0, 0.1) is 17.8 Å². The van der Waals surface area contributed by atoms with Gasteiger partial charge in [-0.3, -0.25) is 0 Å². The molecular formula is C20H33N. The molecule has 1 saturated carbocycles. The van der Waals surface area contributed by atoms with Crippen LogP contribution < -0.4 is 5.32 Å². The lowest BCUT2D eigenvalue weighted by atomic mass is 9.72. The van der Waals surface area contributed by atoms with E-state index in [9.17, 15) is 0 Å². The first-order valence-corrected chi connectivity index (χ1v) is 8.64. The van der Waals surface area contributed by atoms with Gasteiger partial charge in [-0.15, -0.1) is 0 Å². The summed E-state index contributed by atoms with van der Waals surface area (Å²) in [5, 5.41) is 3.40. The van der Waals surface area contributed by atoms with E-state index in [0.717, 1.165) is 17.8 Å². The van der Waals surface area contributed by atoms with Gasteiger partial charge in [0, 0.05) is 0 Å². The molecule has 0 aromatic heterocycles. The molecule has 1 aromatic carbocycles. The van der Waals surface area contributed by atoms with Crippen LogP contribution in [0.1, 0.15) is 58.1 Å². The fourth-order valence-electron chi connectivity index (χ4n) is 3.79. The van der Waals surface area contributed by atoms with Gasteiger partial charge in [0.15, 0.2) is 0 Å². The van der Waals surface area contributed by atoms with Crippen molar-refractivity contribution in [2.45, 2.75) is 58.8 Å². The van der Waals surface area contributed by atoms with Crippen LogP contribution >= 0.6 is 0 Å². The highest BCUT2D eigenvalue weighted by atomic mass is 14.8. The predicted molar refractivity (Wildman–Crippen MR) is 92.8 cm³/mol. The average Bonchev–Trinajstić information content (AvgIpc) is 2.42. The van der Waals surface area contributed by atoms with E-state index < -0.39 is 0 Å². The summed E-state index contributed by atoms with van der Waals surface area (Å²) in [4.78, 5) is 0. The summed E-state index contributed by atoms with van der Waals surface area (Å²) in [6.07, 6.45) is 5.45. The van der Waals surface area contributed by atoms with Crippen LogP contribution in [0.2, 0.25) is 0 Å². The molecule has 3 unspecified atom stereocenters. The third-order valence-corrected chi connectivity index (χ3v) is 5.19. The van der Waals surface area contributed by atoms with Crippen molar-refractivity contribution in [3.05, 3.63) is 35.4 Å². The lowest BCUT2D eigenvalue weighted by Gasteiger charge is -2.35.